The van der Waals surface area contributed by atoms with Crippen molar-refractivity contribution in [3.63, 3.8) is 0 Å². The van der Waals surface area contributed by atoms with Crippen LogP contribution < -0.4 is 0 Å². The fourth-order valence-electron chi connectivity index (χ4n) is 1.95. The number of nitrogens with zero attached hydrogens (tertiary/aromatic N) is 1. The van der Waals surface area contributed by atoms with Gasteiger partial charge in [-0.3, -0.25) is 4.79 Å². The van der Waals surface area contributed by atoms with E-state index in [1.165, 1.54) is 0 Å². The third-order valence-electron chi connectivity index (χ3n) is 2.97. The van der Waals surface area contributed by atoms with Gasteiger partial charge >= 0.3 is 0 Å². The van der Waals surface area contributed by atoms with Crippen molar-refractivity contribution in [1.29, 1.82) is 5.26 Å². The monoisotopic (exact) mass is 347 g/mol. The van der Waals surface area contributed by atoms with Crippen LogP contribution in [0.25, 0.3) is 0 Å². The van der Waals surface area contributed by atoms with E-state index in [2.05, 4.69) is 22.0 Å². The molecule has 0 amide bonds. The average molecular weight is 349 g/mol. The van der Waals surface area contributed by atoms with Gasteiger partial charge in [-0.25, -0.2) is 0 Å². The maximum atomic E-state index is 12.5. The van der Waals surface area contributed by atoms with Gasteiger partial charge in [0.15, 0.2) is 5.78 Å². The van der Waals surface area contributed by atoms with Crippen molar-refractivity contribution in [3.05, 3.63) is 68.7 Å². The van der Waals surface area contributed by atoms with Gasteiger partial charge in [-0.05, 0) is 40.5 Å². The minimum atomic E-state index is -0.813. The summed E-state index contributed by atoms with van der Waals surface area (Å²) in [6.45, 7) is 1.93. The van der Waals surface area contributed by atoms with E-state index in [-0.39, 0.29) is 5.78 Å². The first-order valence-corrected chi connectivity index (χ1v) is 7.15. The van der Waals surface area contributed by atoms with Gasteiger partial charge in [0.05, 0.1) is 11.1 Å². The van der Waals surface area contributed by atoms with Crippen LogP contribution in [0, 0.1) is 18.3 Å². The molecular formula is C16H11BrClNO. The SMILES string of the molecule is Cc1cccc(C(C#N)C(=O)c2ccc(Br)c(Cl)c2)c1. The summed E-state index contributed by atoms with van der Waals surface area (Å²) >= 11 is 9.27. The lowest BCUT2D eigenvalue weighted by atomic mass is 9.91. The zero-order valence-electron chi connectivity index (χ0n) is 10.7. The van der Waals surface area contributed by atoms with E-state index in [1.54, 1.807) is 24.3 Å². The third-order valence-corrected chi connectivity index (χ3v) is 4.20. The quantitative estimate of drug-likeness (QED) is 0.740. The molecule has 0 fully saturated rings. The van der Waals surface area contributed by atoms with Crippen LogP contribution in [-0.2, 0) is 0 Å². The zero-order chi connectivity index (χ0) is 14.7. The Bertz CT molecular complexity index is 706. The number of aryl methyl sites for hydroxylation is 1. The molecule has 4 heteroatoms. The van der Waals surface area contributed by atoms with Crippen LogP contribution in [0.5, 0.6) is 0 Å². The third kappa shape index (κ3) is 3.09. The summed E-state index contributed by atoms with van der Waals surface area (Å²) in [6.07, 6.45) is 0. The fourth-order valence-corrected chi connectivity index (χ4v) is 2.38. The number of ketones is 1. The lowest BCUT2D eigenvalue weighted by Crippen LogP contribution is -2.11. The minimum absolute atomic E-state index is 0.243. The predicted octanol–water partition coefficient (Wildman–Crippen LogP) is 4.90. The molecule has 0 aromatic heterocycles. The molecule has 0 aliphatic carbocycles. The molecule has 0 saturated heterocycles. The Balaban J connectivity index is 2.39. The molecular weight excluding hydrogens is 338 g/mol. The number of hydrogen-bond donors (Lipinski definition) is 0. The summed E-state index contributed by atoms with van der Waals surface area (Å²) in [5, 5.41) is 9.77. The van der Waals surface area contributed by atoms with Gasteiger partial charge in [0, 0.05) is 10.0 Å². The molecule has 0 spiro atoms. The van der Waals surface area contributed by atoms with Gasteiger partial charge in [-0.2, -0.15) is 5.26 Å². The maximum absolute atomic E-state index is 12.5. The summed E-state index contributed by atoms with van der Waals surface area (Å²) in [5.74, 6) is -1.06. The molecule has 1 unspecified atom stereocenters. The smallest absolute Gasteiger partial charge is 0.184 e. The zero-order valence-corrected chi connectivity index (χ0v) is 13.1. The van der Waals surface area contributed by atoms with Crippen molar-refractivity contribution >= 4 is 33.3 Å². The number of carbonyl (C=O) groups excluding carboxylic acids is 1. The fraction of sp³-hybridized carbons (Fsp3) is 0.125. The molecule has 2 aromatic rings. The normalized spacial score (nSPS) is 11.7. The number of carbonyl (C=O) groups is 1. The highest BCUT2D eigenvalue weighted by Crippen LogP contribution is 2.27. The number of benzene rings is 2. The first-order valence-electron chi connectivity index (χ1n) is 5.98. The van der Waals surface area contributed by atoms with Gasteiger partial charge in [-0.15, -0.1) is 0 Å². The van der Waals surface area contributed by atoms with Crippen LogP contribution in [0.3, 0.4) is 0 Å². The van der Waals surface area contributed by atoms with Crippen LogP contribution in [0.2, 0.25) is 5.02 Å². The van der Waals surface area contributed by atoms with Gasteiger partial charge in [0.25, 0.3) is 0 Å². The van der Waals surface area contributed by atoms with Gasteiger partial charge in [0.1, 0.15) is 5.92 Å². The Morgan fingerprint density at radius 3 is 2.65 bits per heavy atom. The number of halogens is 2. The summed E-state index contributed by atoms with van der Waals surface area (Å²) in [4.78, 5) is 12.5. The molecule has 2 aromatic carbocycles. The van der Waals surface area contributed by atoms with Crippen molar-refractivity contribution in [2.24, 2.45) is 0 Å². The van der Waals surface area contributed by atoms with E-state index < -0.39 is 5.92 Å². The second kappa shape index (κ2) is 6.21. The van der Waals surface area contributed by atoms with E-state index in [0.29, 0.717) is 16.1 Å². The first-order chi connectivity index (χ1) is 9.52. The number of Topliss-reactive ketones (excluding diaryl/α,β-unsaturated/α-hetero) is 1. The standard InChI is InChI=1S/C16H11BrClNO/c1-10-3-2-4-11(7-10)13(9-19)16(20)12-5-6-14(17)15(18)8-12/h2-8,13H,1H3. The largest absolute Gasteiger partial charge is 0.292 e. The van der Waals surface area contributed by atoms with E-state index in [4.69, 9.17) is 11.6 Å². The molecule has 1 atom stereocenters. The van der Waals surface area contributed by atoms with Crippen molar-refractivity contribution in [3.8, 4) is 6.07 Å². The van der Waals surface area contributed by atoms with E-state index >= 15 is 0 Å². The summed E-state index contributed by atoms with van der Waals surface area (Å²) in [6, 6.07) is 14.4. The van der Waals surface area contributed by atoms with E-state index in [9.17, 15) is 10.1 Å². The summed E-state index contributed by atoms with van der Waals surface area (Å²) in [7, 11) is 0. The Morgan fingerprint density at radius 1 is 1.30 bits per heavy atom. The molecule has 100 valence electrons. The molecule has 2 nitrogen and oxygen atoms in total. The van der Waals surface area contributed by atoms with Crippen LogP contribution in [-0.4, -0.2) is 5.78 Å². The predicted molar refractivity (Wildman–Crippen MR) is 83.0 cm³/mol. The lowest BCUT2D eigenvalue weighted by molar-refractivity contribution is 0.0979. The second-order valence-electron chi connectivity index (χ2n) is 4.47. The van der Waals surface area contributed by atoms with Gasteiger partial charge in [-0.1, -0.05) is 47.5 Å². The Labute approximate surface area is 131 Å². The minimum Gasteiger partial charge on any atom is -0.292 e. The van der Waals surface area contributed by atoms with Crippen LogP contribution in [0.15, 0.2) is 46.9 Å². The van der Waals surface area contributed by atoms with E-state index in [1.807, 2.05) is 25.1 Å². The molecule has 0 saturated carbocycles. The van der Waals surface area contributed by atoms with Crippen LogP contribution in [0.1, 0.15) is 27.4 Å². The average Bonchev–Trinajstić information content (AvgIpc) is 2.42. The number of hydrogen-bond acceptors (Lipinski definition) is 2. The molecule has 0 bridgehead atoms. The number of rotatable bonds is 3. The van der Waals surface area contributed by atoms with Gasteiger partial charge < -0.3 is 0 Å². The molecule has 0 heterocycles. The highest BCUT2D eigenvalue weighted by molar-refractivity contribution is 9.10. The van der Waals surface area contributed by atoms with Gasteiger partial charge in [0.2, 0.25) is 0 Å². The highest BCUT2D eigenvalue weighted by Gasteiger charge is 2.22. The topological polar surface area (TPSA) is 40.9 Å². The van der Waals surface area contributed by atoms with E-state index in [0.717, 1.165) is 10.0 Å². The number of nitriles is 1. The summed E-state index contributed by atoms with van der Waals surface area (Å²) < 4.78 is 0.722. The van der Waals surface area contributed by atoms with Crippen LogP contribution >= 0.6 is 27.5 Å². The molecule has 0 aliphatic heterocycles. The molecule has 0 radical (unpaired) electrons. The lowest BCUT2D eigenvalue weighted by Gasteiger charge is -2.10. The highest BCUT2D eigenvalue weighted by atomic mass is 79.9. The first kappa shape index (κ1) is 14.8. The second-order valence-corrected chi connectivity index (χ2v) is 5.73. The maximum Gasteiger partial charge on any atom is 0.184 e. The molecule has 0 N–H and O–H groups in total. The summed E-state index contributed by atoms with van der Waals surface area (Å²) in [5.41, 5.74) is 2.16. The Kier molecular flexibility index (Phi) is 4.59. The van der Waals surface area contributed by atoms with Crippen molar-refractivity contribution in [1.82, 2.24) is 0 Å². The van der Waals surface area contributed by atoms with Crippen molar-refractivity contribution in [2.75, 3.05) is 0 Å². The van der Waals surface area contributed by atoms with Crippen LogP contribution in [0.4, 0.5) is 0 Å². The van der Waals surface area contributed by atoms with Crippen molar-refractivity contribution in [2.45, 2.75) is 12.8 Å². The molecule has 2 rings (SSSR count). The molecule has 0 aliphatic rings. The Hall–Kier alpha value is -1.63. The Morgan fingerprint density at radius 2 is 2.05 bits per heavy atom. The van der Waals surface area contributed by atoms with Crippen molar-refractivity contribution < 1.29 is 4.79 Å². The molecule has 20 heavy (non-hydrogen) atoms.